The molecular weight excluding hydrogens is 345 g/mol. The van der Waals surface area contributed by atoms with Crippen molar-refractivity contribution in [3.05, 3.63) is 47.0 Å². The van der Waals surface area contributed by atoms with Crippen LogP contribution in [0.5, 0.6) is 0 Å². The minimum absolute atomic E-state index is 0.0617. The van der Waals surface area contributed by atoms with Crippen molar-refractivity contribution in [2.75, 3.05) is 5.75 Å². The van der Waals surface area contributed by atoms with E-state index in [4.69, 9.17) is 0 Å². The topological polar surface area (TPSA) is 73.8 Å². The zero-order valence-corrected chi connectivity index (χ0v) is 13.2. The third-order valence-corrected chi connectivity index (χ3v) is 3.95. The van der Waals surface area contributed by atoms with Gasteiger partial charge in [-0.05, 0) is 12.1 Å². The van der Waals surface area contributed by atoms with Gasteiger partial charge in [0.05, 0.1) is 11.3 Å². The van der Waals surface area contributed by atoms with Crippen LogP contribution in [-0.2, 0) is 6.54 Å². The highest BCUT2D eigenvalue weighted by atomic mass is 32.2. The molecule has 10 heteroatoms. The monoisotopic (exact) mass is 358 g/mol. The maximum atomic E-state index is 12.3. The largest absolute Gasteiger partial charge is 0.389 e. The Hall–Kier alpha value is -2.36. The number of nitro benzene ring substituents is 1. The lowest BCUT2D eigenvalue weighted by molar-refractivity contribution is -0.384. The number of nitro groups is 1. The maximum Gasteiger partial charge on any atom is 0.389 e. The minimum Gasteiger partial charge on any atom is -0.298 e. The third kappa shape index (κ3) is 4.57. The van der Waals surface area contributed by atoms with E-state index in [2.05, 4.69) is 16.8 Å². The highest BCUT2D eigenvalue weighted by Crippen LogP contribution is 2.28. The first-order valence-electron chi connectivity index (χ1n) is 6.80. The molecule has 0 spiro atoms. The molecule has 0 atom stereocenters. The van der Waals surface area contributed by atoms with Crippen LogP contribution in [0.15, 0.2) is 42.1 Å². The molecule has 1 heterocycles. The Morgan fingerprint density at radius 3 is 2.50 bits per heavy atom. The van der Waals surface area contributed by atoms with Gasteiger partial charge in [0.1, 0.15) is 0 Å². The fourth-order valence-corrected chi connectivity index (χ4v) is 2.82. The van der Waals surface area contributed by atoms with E-state index in [0.29, 0.717) is 23.1 Å². The molecule has 0 aliphatic rings. The number of hydrogen-bond donors (Lipinski definition) is 0. The van der Waals surface area contributed by atoms with E-state index in [1.165, 1.54) is 24.3 Å². The second-order valence-electron chi connectivity index (χ2n) is 4.72. The van der Waals surface area contributed by atoms with Crippen LogP contribution in [0.1, 0.15) is 6.42 Å². The molecule has 0 saturated carbocycles. The SMILES string of the molecule is C=CCn1c(SCCC(F)(F)F)nnc1-c1ccc([N+](=O)[O-])cc1. The molecule has 0 N–H and O–H groups in total. The van der Waals surface area contributed by atoms with Gasteiger partial charge in [0.25, 0.3) is 5.69 Å². The highest BCUT2D eigenvalue weighted by molar-refractivity contribution is 7.99. The molecule has 0 fully saturated rings. The van der Waals surface area contributed by atoms with E-state index >= 15 is 0 Å². The summed E-state index contributed by atoms with van der Waals surface area (Å²) in [5.74, 6) is 0.248. The van der Waals surface area contributed by atoms with Crippen molar-refractivity contribution >= 4 is 17.4 Å². The van der Waals surface area contributed by atoms with E-state index in [9.17, 15) is 23.3 Å². The van der Waals surface area contributed by atoms with Gasteiger partial charge >= 0.3 is 6.18 Å². The number of benzene rings is 1. The van der Waals surface area contributed by atoms with Gasteiger partial charge in [0.2, 0.25) is 0 Å². The van der Waals surface area contributed by atoms with Crippen molar-refractivity contribution in [3.8, 4) is 11.4 Å². The smallest absolute Gasteiger partial charge is 0.298 e. The number of allylic oxidation sites excluding steroid dienone is 1. The Balaban J connectivity index is 2.23. The number of alkyl halides is 3. The Kier molecular flexibility index (Phi) is 5.60. The van der Waals surface area contributed by atoms with Crippen LogP contribution < -0.4 is 0 Å². The Morgan fingerprint density at radius 2 is 1.96 bits per heavy atom. The summed E-state index contributed by atoms with van der Waals surface area (Å²) in [6, 6.07) is 5.70. The van der Waals surface area contributed by atoms with Crippen molar-refractivity contribution in [2.24, 2.45) is 0 Å². The van der Waals surface area contributed by atoms with E-state index in [-0.39, 0.29) is 11.4 Å². The van der Waals surface area contributed by atoms with Gasteiger partial charge < -0.3 is 0 Å². The quantitative estimate of drug-likeness (QED) is 0.323. The summed E-state index contributed by atoms with van der Waals surface area (Å²) in [5, 5.41) is 18.9. The van der Waals surface area contributed by atoms with Crippen molar-refractivity contribution in [3.63, 3.8) is 0 Å². The molecule has 128 valence electrons. The fourth-order valence-electron chi connectivity index (χ4n) is 1.89. The van der Waals surface area contributed by atoms with Crippen LogP contribution in [0.3, 0.4) is 0 Å². The zero-order chi connectivity index (χ0) is 17.7. The number of nitrogens with zero attached hydrogens (tertiary/aromatic N) is 4. The molecular formula is C14H13F3N4O2S. The van der Waals surface area contributed by atoms with Crippen LogP contribution in [-0.4, -0.2) is 31.6 Å². The van der Waals surface area contributed by atoms with Gasteiger partial charge in [0, 0.05) is 30.0 Å². The van der Waals surface area contributed by atoms with Crippen molar-refractivity contribution < 1.29 is 18.1 Å². The molecule has 0 saturated heterocycles. The predicted octanol–water partition coefficient (Wildman–Crippen LogP) is 4.08. The maximum absolute atomic E-state index is 12.3. The normalized spacial score (nSPS) is 11.5. The van der Waals surface area contributed by atoms with Crippen molar-refractivity contribution in [2.45, 2.75) is 24.3 Å². The van der Waals surface area contributed by atoms with Crippen LogP contribution >= 0.6 is 11.8 Å². The first kappa shape index (κ1) is 18.0. The van der Waals surface area contributed by atoms with Crippen LogP contribution in [0, 0.1) is 10.1 Å². The molecule has 0 amide bonds. The average molecular weight is 358 g/mol. The minimum atomic E-state index is -4.22. The third-order valence-electron chi connectivity index (χ3n) is 2.98. The zero-order valence-electron chi connectivity index (χ0n) is 12.4. The second kappa shape index (κ2) is 7.47. The number of rotatable bonds is 7. The van der Waals surface area contributed by atoms with Gasteiger partial charge in [-0.25, -0.2) is 0 Å². The Morgan fingerprint density at radius 1 is 1.29 bits per heavy atom. The summed E-state index contributed by atoms with van der Waals surface area (Å²) in [5.41, 5.74) is 0.519. The molecule has 2 rings (SSSR count). The Bertz CT molecular complexity index is 729. The number of aromatic nitrogens is 3. The molecule has 0 aliphatic heterocycles. The van der Waals surface area contributed by atoms with Gasteiger partial charge in [-0.2, -0.15) is 13.2 Å². The summed E-state index contributed by atoms with van der Waals surface area (Å²) in [4.78, 5) is 10.2. The number of thioether (sulfide) groups is 1. The van der Waals surface area contributed by atoms with E-state index < -0.39 is 17.5 Å². The molecule has 0 aliphatic carbocycles. The summed E-state index contributed by atoms with van der Waals surface area (Å²) in [7, 11) is 0. The lowest BCUT2D eigenvalue weighted by Crippen LogP contribution is -2.09. The highest BCUT2D eigenvalue weighted by Gasteiger charge is 2.27. The van der Waals surface area contributed by atoms with E-state index in [0.717, 1.165) is 11.8 Å². The molecule has 0 unspecified atom stereocenters. The number of halogens is 3. The molecule has 1 aromatic heterocycles. The first-order chi connectivity index (χ1) is 11.3. The van der Waals surface area contributed by atoms with Crippen LogP contribution in [0.2, 0.25) is 0 Å². The fraction of sp³-hybridized carbons (Fsp3) is 0.286. The summed E-state index contributed by atoms with van der Waals surface area (Å²) < 4.78 is 38.4. The number of hydrogen-bond acceptors (Lipinski definition) is 5. The van der Waals surface area contributed by atoms with Crippen molar-refractivity contribution in [1.82, 2.24) is 14.8 Å². The van der Waals surface area contributed by atoms with Crippen molar-refractivity contribution in [1.29, 1.82) is 0 Å². The van der Waals surface area contributed by atoms with Gasteiger partial charge in [-0.1, -0.05) is 17.8 Å². The first-order valence-corrected chi connectivity index (χ1v) is 7.79. The number of non-ortho nitro benzene ring substituents is 1. The molecule has 24 heavy (non-hydrogen) atoms. The average Bonchev–Trinajstić information content (AvgIpc) is 2.89. The standard InChI is InChI=1S/C14H13F3N4O2S/c1-2-8-20-12(10-3-5-11(6-4-10)21(22)23)18-19-13(20)24-9-7-14(15,16)17/h2-6H,1,7-9H2. The molecule has 0 radical (unpaired) electrons. The summed E-state index contributed by atoms with van der Waals surface area (Å²) in [6.45, 7) is 3.93. The lowest BCUT2D eigenvalue weighted by Gasteiger charge is -2.08. The molecule has 2 aromatic rings. The molecule has 6 nitrogen and oxygen atoms in total. The lowest BCUT2D eigenvalue weighted by atomic mass is 10.2. The van der Waals surface area contributed by atoms with Gasteiger partial charge in [0.15, 0.2) is 11.0 Å². The van der Waals surface area contributed by atoms with E-state index in [1.54, 1.807) is 10.6 Å². The van der Waals surface area contributed by atoms with Gasteiger partial charge in [-0.3, -0.25) is 14.7 Å². The summed E-state index contributed by atoms with van der Waals surface area (Å²) >= 11 is 0.951. The Labute approximate surface area is 139 Å². The van der Waals surface area contributed by atoms with Gasteiger partial charge in [-0.15, -0.1) is 16.8 Å². The molecule has 1 aromatic carbocycles. The predicted molar refractivity (Wildman–Crippen MR) is 83.7 cm³/mol. The molecule has 0 bridgehead atoms. The van der Waals surface area contributed by atoms with Crippen LogP contribution in [0.4, 0.5) is 18.9 Å². The summed E-state index contributed by atoms with van der Waals surface area (Å²) in [6.07, 6.45) is -3.57. The second-order valence-corrected chi connectivity index (χ2v) is 5.79. The van der Waals surface area contributed by atoms with Crippen LogP contribution in [0.25, 0.3) is 11.4 Å². The van der Waals surface area contributed by atoms with E-state index in [1.807, 2.05) is 0 Å².